The van der Waals surface area contributed by atoms with Crippen LogP contribution < -0.4 is 4.74 Å². The van der Waals surface area contributed by atoms with Crippen LogP contribution in [-0.4, -0.2) is 29.8 Å². The van der Waals surface area contributed by atoms with Gasteiger partial charge < -0.3 is 14.5 Å². The monoisotopic (exact) mass is 346 g/mol. The van der Waals surface area contributed by atoms with E-state index in [1.54, 1.807) is 0 Å². The maximum absolute atomic E-state index is 6.41. The molecule has 24 heavy (non-hydrogen) atoms. The largest absolute Gasteiger partial charge is 0.491 e. The molecule has 0 spiro atoms. The molecular weight excluding hydrogens is 324 g/mol. The minimum Gasteiger partial charge on any atom is -0.491 e. The number of aromatic amines is 1. The average molecular weight is 347 g/mol. The molecule has 2 aromatic heterocycles. The first-order valence-corrected chi connectivity index (χ1v) is 8.85. The number of fused-ring (bicyclic) bond motifs is 3. The lowest BCUT2D eigenvalue weighted by molar-refractivity contribution is 0.117. The van der Waals surface area contributed by atoms with Crippen molar-refractivity contribution in [1.82, 2.24) is 9.97 Å². The smallest absolute Gasteiger partial charge is 0.143 e. The number of unbranched alkanes of at least 4 members (excludes halogenated alkanes) is 1. The summed E-state index contributed by atoms with van der Waals surface area (Å²) in [4.78, 5) is 7.78. The number of pyridine rings is 1. The summed E-state index contributed by atoms with van der Waals surface area (Å²) in [6, 6.07) is 5.88. The van der Waals surface area contributed by atoms with Gasteiger partial charge in [-0.1, -0.05) is 24.9 Å². The Kier molecular flexibility index (Phi) is 5.59. The minimum absolute atomic E-state index is 0.616. The summed E-state index contributed by atoms with van der Waals surface area (Å²) in [6.45, 7) is 6.36. The molecule has 4 nitrogen and oxygen atoms in total. The number of rotatable bonds is 8. The first-order chi connectivity index (χ1) is 11.7. The molecular formula is C19H23ClN2O2. The van der Waals surface area contributed by atoms with Gasteiger partial charge in [0.25, 0.3) is 0 Å². The highest BCUT2D eigenvalue weighted by Gasteiger charge is 2.13. The first-order valence-electron chi connectivity index (χ1n) is 8.47. The van der Waals surface area contributed by atoms with Crippen molar-refractivity contribution in [3.63, 3.8) is 0 Å². The van der Waals surface area contributed by atoms with Crippen molar-refractivity contribution in [2.45, 2.75) is 33.1 Å². The van der Waals surface area contributed by atoms with Gasteiger partial charge in [-0.25, -0.2) is 4.98 Å². The molecule has 0 bridgehead atoms. The summed E-state index contributed by atoms with van der Waals surface area (Å²) in [5.74, 6) is 0.804. The molecule has 0 saturated heterocycles. The molecule has 0 amide bonds. The van der Waals surface area contributed by atoms with Gasteiger partial charge in [0.15, 0.2) is 0 Å². The van der Waals surface area contributed by atoms with Crippen molar-refractivity contribution < 1.29 is 9.47 Å². The van der Waals surface area contributed by atoms with Crippen LogP contribution in [-0.2, 0) is 4.74 Å². The number of halogens is 1. The Bertz CT molecular complexity index is 829. The molecule has 5 heteroatoms. The fourth-order valence-electron chi connectivity index (χ4n) is 2.74. The molecule has 2 heterocycles. The average Bonchev–Trinajstić information content (AvgIpc) is 2.95. The Hall–Kier alpha value is -1.78. The molecule has 1 N–H and O–H groups in total. The Morgan fingerprint density at radius 1 is 1.17 bits per heavy atom. The number of hydrogen-bond donors (Lipinski definition) is 1. The van der Waals surface area contributed by atoms with Gasteiger partial charge in [-0.05, 0) is 37.1 Å². The molecule has 0 aliphatic heterocycles. The van der Waals surface area contributed by atoms with E-state index in [1.807, 2.05) is 25.3 Å². The molecule has 128 valence electrons. The highest BCUT2D eigenvalue weighted by Crippen LogP contribution is 2.36. The van der Waals surface area contributed by atoms with Crippen molar-refractivity contribution in [2.24, 2.45) is 0 Å². The van der Waals surface area contributed by atoms with Crippen LogP contribution in [0, 0.1) is 6.92 Å². The fraction of sp³-hybridized carbons (Fsp3) is 0.421. The topological polar surface area (TPSA) is 47.1 Å². The van der Waals surface area contributed by atoms with E-state index in [2.05, 4.69) is 23.0 Å². The number of nitrogens with zero attached hydrogens (tertiary/aromatic N) is 1. The Morgan fingerprint density at radius 3 is 2.83 bits per heavy atom. The summed E-state index contributed by atoms with van der Waals surface area (Å²) in [7, 11) is 0. The second-order valence-electron chi connectivity index (χ2n) is 6.00. The van der Waals surface area contributed by atoms with Crippen LogP contribution in [0.4, 0.5) is 0 Å². The molecule has 0 saturated carbocycles. The molecule has 0 fully saturated rings. The maximum atomic E-state index is 6.41. The second kappa shape index (κ2) is 7.86. The van der Waals surface area contributed by atoms with E-state index in [0.717, 1.165) is 65.7 Å². The Morgan fingerprint density at radius 2 is 2.00 bits per heavy atom. The third-order valence-corrected chi connectivity index (χ3v) is 4.30. The number of nitrogens with one attached hydrogen (secondary N) is 1. The van der Waals surface area contributed by atoms with Crippen LogP contribution in [0.3, 0.4) is 0 Å². The van der Waals surface area contributed by atoms with Crippen molar-refractivity contribution in [2.75, 3.05) is 19.8 Å². The maximum Gasteiger partial charge on any atom is 0.143 e. The predicted octanol–water partition coefficient (Wildman–Crippen LogP) is 5.26. The molecule has 0 radical (unpaired) electrons. The fourth-order valence-corrected chi connectivity index (χ4v) is 2.99. The second-order valence-corrected chi connectivity index (χ2v) is 6.40. The van der Waals surface area contributed by atoms with Crippen LogP contribution in [0.25, 0.3) is 21.9 Å². The number of aromatic nitrogens is 2. The van der Waals surface area contributed by atoms with Gasteiger partial charge in [0.2, 0.25) is 0 Å². The summed E-state index contributed by atoms with van der Waals surface area (Å²) >= 11 is 6.41. The lowest BCUT2D eigenvalue weighted by Crippen LogP contribution is -2.04. The van der Waals surface area contributed by atoms with Gasteiger partial charge in [-0.3, -0.25) is 0 Å². The molecule has 0 atom stereocenters. The van der Waals surface area contributed by atoms with Crippen molar-refractivity contribution in [1.29, 1.82) is 0 Å². The van der Waals surface area contributed by atoms with Crippen LogP contribution in [0.5, 0.6) is 5.75 Å². The van der Waals surface area contributed by atoms with Gasteiger partial charge in [0, 0.05) is 36.6 Å². The van der Waals surface area contributed by atoms with Gasteiger partial charge in [-0.2, -0.15) is 0 Å². The summed E-state index contributed by atoms with van der Waals surface area (Å²) in [5, 5.41) is 2.71. The Balaban J connectivity index is 1.74. The van der Waals surface area contributed by atoms with Crippen molar-refractivity contribution >= 4 is 33.5 Å². The zero-order valence-corrected chi connectivity index (χ0v) is 14.9. The highest BCUT2D eigenvalue weighted by molar-refractivity contribution is 6.38. The van der Waals surface area contributed by atoms with Gasteiger partial charge >= 0.3 is 0 Å². The predicted molar refractivity (Wildman–Crippen MR) is 99.2 cm³/mol. The normalized spacial score (nSPS) is 11.5. The molecule has 0 aliphatic carbocycles. The molecule has 1 aromatic carbocycles. The number of aryl methyl sites for hydroxylation is 1. The quantitative estimate of drug-likeness (QED) is 0.565. The van der Waals surface area contributed by atoms with E-state index in [9.17, 15) is 0 Å². The van der Waals surface area contributed by atoms with Crippen LogP contribution in [0.1, 0.15) is 31.7 Å². The van der Waals surface area contributed by atoms with Gasteiger partial charge in [0.1, 0.15) is 11.4 Å². The minimum atomic E-state index is 0.616. The summed E-state index contributed by atoms with van der Waals surface area (Å²) in [5.41, 5.74) is 2.84. The number of hydrogen-bond acceptors (Lipinski definition) is 3. The van der Waals surface area contributed by atoms with E-state index in [4.69, 9.17) is 21.1 Å². The lowest BCUT2D eigenvalue weighted by Gasteiger charge is -2.08. The summed E-state index contributed by atoms with van der Waals surface area (Å²) in [6.07, 6.45) is 4.98. The van der Waals surface area contributed by atoms with Crippen LogP contribution >= 0.6 is 11.6 Å². The SMILES string of the molecule is CCCCOCCCOc1ccc(Cl)c2c1[nH]c1ncc(C)cc12. The van der Waals surface area contributed by atoms with Crippen molar-refractivity contribution in [3.8, 4) is 5.75 Å². The van der Waals surface area contributed by atoms with Gasteiger partial charge in [-0.15, -0.1) is 0 Å². The van der Waals surface area contributed by atoms with E-state index in [1.165, 1.54) is 0 Å². The standard InChI is InChI=1S/C19H23ClN2O2/c1-3-4-8-23-9-5-10-24-16-7-6-15(20)17-14-11-13(2)12-21-19(14)22-18(16)17/h6-7,11-12H,3-5,8-10H2,1-2H3,(H,21,22). The lowest BCUT2D eigenvalue weighted by atomic mass is 10.1. The zero-order chi connectivity index (χ0) is 16.9. The number of benzene rings is 1. The number of ether oxygens (including phenoxy) is 2. The van der Waals surface area contributed by atoms with Crippen LogP contribution in [0.15, 0.2) is 24.4 Å². The Labute approximate surface area is 147 Å². The third kappa shape index (κ3) is 3.65. The summed E-state index contributed by atoms with van der Waals surface area (Å²) < 4.78 is 11.5. The molecule has 0 aliphatic rings. The highest BCUT2D eigenvalue weighted by atomic mass is 35.5. The zero-order valence-electron chi connectivity index (χ0n) is 14.2. The van der Waals surface area contributed by atoms with E-state index >= 15 is 0 Å². The molecule has 3 aromatic rings. The van der Waals surface area contributed by atoms with Gasteiger partial charge in [0.05, 0.1) is 17.1 Å². The molecule has 3 rings (SSSR count). The number of H-pyrrole nitrogens is 1. The first kappa shape index (κ1) is 17.1. The van der Waals surface area contributed by atoms with E-state index < -0.39 is 0 Å². The van der Waals surface area contributed by atoms with Crippen LogP contribution in [0.2, 0.25) is 5.02 Å². The van der Waals surface area contributed by atoms with E-state index in [-0.39, 0.29) is 0 Å². The molecule has 0 unspecified atom stereocenters. The van der Waals surface area contributed by atoms with E-state index in [0.29, 0.717) is 11.6 Å². The third-order valence-electron chi connectivity index (χ3n) is 3.99. The van der Waals surface area contributed by atoms with Crippen molar-refractivity contribution in [3.05, 3.63) is 35.0 Å².